The van der Waals surface area contributed by atoms with Crippen LogP contribution in [0.1, 0.15) is 43.9 Å². The van der Waals surface area contributed by atoms with E-state index >= 15 is 0 Å². The Bertz CT molecular complexity index is 647. The first-order valence-electron chi connectivity index (χ1n) is 10.1. The van der Waals surface area contributed by atoms with Gasteiger partial charge in [0.1, 0.15) is 5.75 Å². The molecule has 0 spiro atoms. The first-order chi connectivity index (χ1) is 12.6. The van der Waals surface area contributed by atoms with Crippen LogP contribution in [0.2, 0.25) is 0 Å². The van der Waals surface area contributed by atoms with E-state index in [0.29, 0.717) is 12.1 Å². The van der Waals surface area contributed by atoms with E-state index in [9.17, 15) is 4.79 Å². The predicted octanol–water partition coefficient (Wildman–Crippen LogP) is 2.31. The van der Waals surface area contributed by atoms with Crippen LogP contribution in [0.5, 0.6) is 5.75 Å². The van der Waals surface area contributed by atoms with Crippen LogP contribution in [0.3, 0.4) is 0 Å². The van der Waals surface area contributed by atoms with Crippen molar-refractivity contribution in [3.63, 3.8) is 0 Å². The molecule has 0 aromatic heterocycles. The van der Waals surface area contributed by atoms with E-state index in [1.807, 2.05) is 4.90 Å². The molecule has 2 saturated heterocycles. The minimum absolute atomic E-state index is 0.223. The molecule has 0 aliphatic carbocycles. The number of likely N-dealkylation sites (tertiary alicyclic amines) is 1. The summed E-state index contributed by atoms with van der Waals surface area (Å²) in [5.41, 5.74) is 2.72. The van der Waals surface area contributed by atoms with Gasteiger partial charge in [-0.1, -0.05) is 12.1 Å². The average molecular weight is 357 g/mol. The smallest absolute Gasteiger partial charge is 0.219 e. The normalized spacial score (nSPS) is 23.5. The molecular formula is C21H31N3O2. The fourth-order valence-corrected chi connectivity index (χ4v) is 4.69. The molecule has 26 heavy (non-hydrogen) atoms. The molecule has 2 fully saturated rings. The van der Waals surface area contributed by atoms with Crippen LogP contribution in [-0.2, 0) is 11.2 Å². The van der Waals surface area contributed by atoms with Crippen molar-refractivity contribution in [3.05, 3.63) is 29.3 Å². The van der Waals surface area contributed by atoms with Crippen molar-refractivity contribution in [2.45, 2.75) is 45.2 Å². The number of piperidine rings is 1. The minimum Gasteiger partial charge on any atom is -0.493 e. The van der Waals surface area contributed by atoms with Crippen LogP contribution in [0.4, 0.5) is 0 Å². The molecule has 142 valence electrons. The van der Waals surface area contributed by atoms with Crippen LogP contribution >= 0.6 is 0 Å². The Labute approximate surface area is 156 Å². The molecule has 5 heteroatoms. The molecule has 1 atom stereocenters. The standard InChI is InChI=1S/C21H31N3O2/c1-16(19-4-3-18-7-14-26-21(18)15-19)22-10-12-24(13-11-22)20-5-8-23(9-6-20)17(2)25/h3-4,15-16,20H,5-14H2,1-2H3. The van der Waals surface area contributed by atoms with Crippen LogP contribution in [0, 0.1) is 0 Å². The first kappa shape index (κ1) is 17.8. The predicted molar refractivity (Wildman–Crippen MR) is 102 cm³/mol. The van der Waals surface area contributed by atoms with Gasteiger partial charge in [-0.15, -0.1) is 0 Å². The molecule has 1 aromatic carbocycles. The van der Waals surface area contributed by atoms with E-state index in [0.717, 1.165) is 70.9 Å². The van der Waals surface area contributed by atoms with E-state index in [4.69, 9.17) is 4.74 Å². The number of carbonyl (C=O) groups excluding carboxylic acids is 1. The molecule has 3 heterocycles. The molecule has 3 aliphatic heterocycles. The van der Waals surface area contributed by atoms with E-state index in [-0.39, 0.29) is 5.91 Å². The summed E-state index contributed by atoms with van der Waals surface area (Å²) in [7, 11) is 0. The molecule has 3 aliphatic rings. The summed E-state index contributed by atoms with van der Waals surface area (Å²) in [4.78, 5) is 18.7. The summed E-state index contributed by atoms with van der Waals surface area (Å²) in [5.74, 6) is 1.31. The fourth-order valence-electron chi connectivity index (χ4n) is 4.69. The van der Waals surface area contributed by atoms with E-state index < -0.39 is 0 Å². The largest absolute Gasteiger partial charge is 0.493 e. The molecule has 0 bridgehead atoms. The number of ether oxygens (including phenoxy) is 1. The summed E-state index contributed by atoms with van der Waals surface area (Å²) in [6.07, 6.45) is 3.29. The SMILES string of the molecule is CC(=O)N1CCC(N2CCN(C(C)c3ccc4c(c3)OCC4)CC2)CC1. The van der Waals surface area contributed by atoms with Gasteiger partial charge >= 0.3 is 0 Å². The lowest BCUT2D eigenvalue weighted by atomic mass is 10.0. The van der Waals surface area contributed by atoms with Crippen molar-refractivity contribution >= 4 is 5.91 Å². The Kier molecular flexibility index (Phi) is 5.18. The Morgan fingerprint density at radius 3 is 2.54 bits per heavy atom. The zero-order valence-electron chi connectivity index (χ0n) is 16.1. The first-order valence-corrected chi connectivity index (χ1v) is 10.1. The maximum Gasteiger partial charge on any atom is 0.219 e. The van der Waals surface area contributed by atoms with Gasteiger partial charge in [-0.2, -0.15) is 0 Å². The molecule has 0 saturated carbocycles. The number of fused-ring (bicyclic) bond motifs is 1. The van der Waals surface area contributed by atoms with Gasteiger partial charge in [0.15, 0.2) is 0 Å². The molecule has 1 aromatic rings. The van der Waals surface area contributed by atoms with Crippen LogP contribution in [0.15, 0.2) is 18.2 Å². The Morgan fingerprint density at radius 1 is 1.12 bits per heavy atom. The van der Waals surface area contributed by atoms with Crippen LogP contribution < -0.4 is 4.74 Å². The second-order valence-electron chi connectivity index (χ2n) is 7.95. The lowest BCUT2D eigenvalue weighted by Gasteiger charge is -2.44. The molecule has 1 amide bonds. The highest BCUT2D eigenvalue weighted by atomic mass is 16.5. The van der Waals surface area contributed by atoms with E-state index in [1.54, 1.807) is 6.92 Å². The third kappa shape index (κ3) is 3.60. The van der Waals surface area contributed by atoms with Gasteiger partial charge in [0.05, 0.1) is 6.61 Å². The zero-order chi connectivity index (χ0) is 18.1. The lowest BCUT2D eigenvalue weighted by Crippen LogP contribution is -2.53. The number of rotatable bonds is 3. The number of amides is 1. The maximum absolute atomic E-state index is 11.5. The topological polar surface area (TPSA) is 36.0 Å². The summed E-state index contributed by atoms with van der Waals surface area (Å²) >= 11 is 0. The Balaban J connectivity index is 1.30. The van der Waals surface area contributed by atoms with Crippen molar-refractivity contribution in [2.75, 3.05) is 45.9 Å². The van der Waals surface area contributed by atoms with E-state index in [2.05, 4.69) is 34.9 Å². The third-order valence-electron chi connectivity index (χ3n) is 6.53. The van der Waals surface area contributed by atoms with Crippen molar-refractivity contribution < 1.29 is 9.53 Å². The molecular weight excluding hydrogens is 326 g/mol. The van der Waals surface area contributed by atoms with Gasteiger partial charge in [-0.05, 0) is 37.0 Å². The minimum atomic E-state index is 0.223. The third-order valence-corrected chi connectivity index (χ3v) is 6.53. The van der Waals surface area contributed by atoms with Crippen LogP contribution in [-0.4, -0.2) is 72.5 Å². The number of hydrogen-bond acceptors (Lipinski definition) is 4. The van der Waals surface area contributed by atoms with Gasteiger partial charge in [0.25, 0.3) is 0 Å². The van der Waals surface area contributed by atoms with E-state index in [1.165, 1.54) is 11.1 Å². The summed E-state index contributed by atoms with van der Waals surface area (Å²) in [5, 5.41) is 0. The zero-order valence-corrected chi connectivity index (χ0v) is 16.1. The van der Waals surface area contributed by atoms with Crippen molar-refractivity contribution in [1.29, 1.82) is 0 Å². The summed E-state index contributed by atoms with van der Waals surface area (Å²) < 4.78 is 5.74. The Morgan fingerprint density at radius 2 is 1.85 bits per heavy atom. The average Bonchev–Trinajstić information content (AvgIpc) is 3.15. The maximum atomic E-state index is 11.5. The molecule has 0 radical (unpaired) electrons. The Hall–Kier alpha value is -1.59. The van der Waals surface area contributed by atoms with Gasteiger partial charge in [-0.25, -0.2) is 0 Å². The highest BCUT2D eigenvalue weighted by molar-refractivity contribution is 5.73. The van der Waals surface area contributed by atoms with Crippen LogP contribution in [0.25, 0.3) is 0 Å². The molecule has 4 rings (SSSR count). The highest BCUT2D eigenvalue weighted by Gasteiger charge is 2.29. The van der Waals surface area contributed by atoms with Crippen molar-refractivity contribution in [1.82, 2.24) is 14.7 Å². The quantitative estimate of drug-likeness (QED) is 0.832. The number of hydrogen-bond donors (Lipinski definition) is 0. The van der Waals surface area contributed by atoms with Gasteiger partial charge in [0.2, 0.25) is 5.91 Å². The second kappa shape index (κ2) is 7.57. The van der Waals surface area contributed by atoms with Gasteiger partial charge in [-0.3, -0.25) is 14.6 Å². The monoisotopic (exact) mass is 357 g/mol. The molecule has 0 N–H and O–H groups in total. The fraction of sp³-hybridized carbons (Fsp3) is 0.667. The molecule has 1 unspecified atom stereocenters. The number of piperazine rings is 1. The van der Waals surface area contributed by atoms with Gasteiger partial charge < -0.3 is 9.64 Å². The highest BCUT2D eigenvalue weighted by Crippen LogP contribution is 2.31. The second-order valence-corrected chi connectivity index (χ2v) is 7.95. The van der Waals surface area contributed by atoms with Gasteiger partial charge in [0, 0.05) is 64.7 Å². The lowest BCUT2D eigenvalue weighted by molar-refractivity contribution is -0.130. The summed E-state index contributed by atoms with van der Waals surface area (Å²) in [6, 6.07) is 7.86. The van der Waals surface area contributed by atoms with Crippen molar-refractivity contribution in [3.8, 4) is 5.75 Å². The molecule has 5 nitrogen and oxygen atoms in total. The summed E-state index contributed by atoms with van der Waals surface area (Å²) in [6.45, 7) is 11.2. The number of nitrogens with zero attached hydrogens (tertiary/aromatic N) is 3. The van der Waals surface area contributed by atoms with Crippen molar-refractivity contribution in [2.24, 2.45) is 0 Å². The number of benzene rings is 1. The number of carbonyl (C=O) groups is 1.